The van der Waals surface area contributed by atoms with E-state index in [1.54, 1.807) is 10.6 Å². The van der Waals surface area contributed by atoms with E-state index < -0.39 is 0 Å². The lowest BCUT2D eigenvalue weighted by molar-refractivity contribution is -0.520. The van der Waals surface area contributed by atoms with Crippen molar-refractivity contribution in [1.82, 2.24) is 9.55 Å². The summed E-state index contributed by atoms with van der Waals surface area (Å²) in [6, 6.07) is 17.7. The first-order valence-corrected chi connectivity index (χ1v) is 8.91. The molecule has 27 heavy (non-hydrogen) atoms. The van der Waals surface area contributed by atoms with Crippen molar-refractivity contribution >= 4 is 17.6 Å². The molecule has 0 fully saturated rings. The highest BCUT2D eigenvalue weighted by atomic mass is 16.1. The van der Waals surface area contributed by atoms with E-state index in [-0.39, 0.29) is 11.7 Å². The molecule has 1 aliphatic heterocycles. The number of aryl methyl sites for hydroxylation is 3. The predicted octanol–water partition coefficient (Wildman–Crippen LogP) is 1.69. The summed E-state index contributed by atoms with van der Waals surface area (Å²) in [4.78, 5) is 20.6. The summed E-state index contributed by atoms with van der Waals surface area (Å²) < 4.78 is 1.63. The molecule has 6 nitrogen and oxygen atoms in total. The molecule has 1 atom stereocenters. The van der Waals surface area contributed by atoms with Crippen molar-refractivity contribution in [3.05, 3.63) is 87.3 Å². The van der Waals surface area contributed by atoms with Gasteiger partial charge in [0.05, 0.1) is 0 Å². The molecule has 0 saturated heterocycles. The summed E-state index contributed by atoms with van der Waals surface area (Å²) in [7, 11) is 0. The molecule has 3 aromatic rings. The second-order valence-electron chi connectivity index (χ2n) is 6.83. The second kappa shape index (κ2) is 6.72. The van der Waals surface area contributed by atoms with Crippen LogP contribution in [0.1, 0.15) is 28.6 Å². The van der Waals surface area contributed by atoms with E-state index in [0.717, 1.165) is 16.8 Å². The van der Waals surface area contributed by atoms with Crippen LogP contribution in [0.3, 0.4) is 0 Å². The fourth-order valence-corrected chi connectivity index (χ4v) is 3.32. The molecule has 2 heterocycles. The van der Waals surface area contributed by atoms with E-state index in [4.69, 9.17) is 0 Å². The van der Waals surface area contributed by atoms with Crippen LogP contribution in [0.2, 0.25) is 0 Å². The number of guanidine groups is 1. The number of hydrogen-bond donors (Lipinski definition) is 3. The molecule has 4 rings (SSSR count). The van der Waals surface area contributed by atoms with Gasteiger partial charge in [-0.3, -0.25) is 9.79 Å². The molecule has 1 aliphatic rings. The number of hydrogen-bond acceptors (Lipinski definition) is 4. The standard InChI is InChI=1S/C21H21N5O/c1-13-9-10-17(14(2)11-13)23-20-24-19(16-7-5-4-6-8-16)26-18(27)12-15(3)22-21(26)25-20/h4-12,19H,1-3H3,(H2,22,23,24,25)/p+1/t19-/m0/s1. The van der Waals surface area contributed by atoms with E-state index in [9.17, 15) is 4.79 Å². The molecule has 0 amide bonds. The third kappa shape index (κ3) is 3.33. The Kier molecular flexibility index (Phi) is 4.24. The molecule has 0 saturated carbocycles. The van der Waals surface area contributed by atoms with Gasteiger partial charge in [-0.15, -0.1) is 0 Å². The Balaban J connectivity index is 1.79. The molecule has 136 valence electrons. The van der Waals surface area contributed by atoms with Gasteiger partial charge in [-0.25, -0.2) is 20.2 Å². The largest absolute Gasteiger partial charge is 0.357 e. The van der Waals surface area contributed by atoms with Crippen LogP contribution in [0.25, 0.3) is 0 Å². The third-order valence-electron chi connectivity index (χ3n) is 4.61. The monoisotopic (exact) mass is 360 g/mol. The maximum Gasteiger partial charge on any atom is 0.357 e. The Labute approximate surface area is 157 Å². The zero-order chi connectivity index (χ0) is 19.0. The highest BCUT2D eigenvalue weighted by Crippen LogP contribution is 2.18. The molecule has 3 N–H and O–H groups in total. The Bertz CT molecular complexity index is 1090. The first-order valence-electron chi connectivity index (χ1n) is 8.91. The van der Waals surface area contributed by atoms with Gasteiger partial charge < -0.3 is 0 Å². The van der Waals surface area contributed by atoms with Crippen molar-refractivity contribution in [2.24, 2.45) is 0 Å². The van der Waals surface area contributed by atoms with Gasteiger partial charge in [-0.1, -0.05) is 48.0 Å². The summed E-state index contributed by atoms with van der Waals surface area (Å²) in [6.45, 7) is 5.96. The van der Waals surface area contributed by atoms with Gasteiger partial charge in [0.2, 0.25) is 0 Å². The Morgan fingerprint density at radius 3 is 2.59 bits per heavy atom. The average Bonchev–Trinajstić information content (AvgIpc) is 2.63. The molecule has 1 aromatic heterocycles. The molecular formula is C21H22N5O+. The zero-order valence-corrected chi connectivity index (χ0v) is 15.6. The van der Waals surface area contributed by atoms with E-state index in [1.807, 2.05) is 43.3 Å². The van der Waals surface area contributed by atoms with Crippen molar-refractivity contribution in [2.45, 2.75) is 26.9 Å². The molecule has 0 aliphatic carbocycles. The van der Waals surface area contributed by atoms with Crippen molar-refractivity contribution < 1.29 is 4.99 Å². The third-order valence-corrected chi connectivity index (χ3v) is 4.61. The fraction of sp³-hybridized carbons (Fsp3) is 0.190. The molecule has 0 bridgehead atoms. The van der Waals surface area contributed by atoms with Crippen molar-refractivity contribution in [2.75, 3.05) is 10.6 Å². The van der Waals surface area contributed by atoms with Crippen LogP contribution < -0.4 is 21.2 Å². The first-order chi connectivity index (χ1) is 13.0. The number of benzene rings is 2. The lowest BCUT2D eigenvalue weighted by Crippen LogP contribution is -2.82. The van der Waals surface area contributed by atoms with Crippen LogP contribution >= 0.6 is 0 Å². The van der Waals surface area contributed by atoms with Crippen LogP contribution in [0.5, 0.6) is 0 Å². The molecule has 0 spiro atoms. The van der Waals surface area contributed by atoms with Gasteiger partial charge in [0.25, 0.3) is 11.5 Å². The summed E-state index contributed by atoms with van der Waals surface area (Å²) in [5.41, 5.74) is 4.90. The SMILES string of the molecule is Cc1ccc(NC2=[NH+][C@H](c3ccccc3)n3c(nc(C)cc3=O)N2)c(C)c1. The normalized spacial score (nSPS) is 15.5. The summed E-state index contributed by atoms with van der Waals surface area (Å²) in [5, 5.41) is 6.61. The molecule has 6 heteroatoms. The van der Waals surface area contributed by atoms with Crippen LogP contribution in [0.15, 0.2) is 59.4 Å². The van der Waals surface area contributed by atoms with E-state index in [1.165, 1.54) is 5.56 Å². The summed E-state index contributed by atoms with van der Waals surface area (Å²) in [6.07, 6.45) is -0.351. The number of anilines is 2. The lowest BCUT2D eigenvalue weighted by atomic mass is 10.1. The van der Waals surface area contributed by atoms with Gasteiger partial charge >= 0.3 is 5.96 Å². The molecule has 0 unspecified atom stereocenters. The molecule has 2 aromatic carbocycles. The number of nitrogens with one attached hydrogen (secondary N) is 3. The van der Waals surface area contributed by atoms with Crippen LogP contribution in [0.4, 0.5) is 11.6 Å². The van der Waals surface area contributed by atoms with E-state index in [2.05, 4.69) is 46.6 Å². The Morgan fingerprint density at radius 2 is 1.85 bits per heavy atom. The van der Waals surface area contributed by atoms with Crippen molar-refractivity contribution in [3.8, 4) is 0 Å². The second-order valence-corrected chi connectivity index (χ2v) is 6.83. The molecule has 0 radical (unpaired) electrons. The molecular weight excluding hydrogens is 338 g/mol. The minimum atomic E-state index is -0.351. The summed E-state index contributed by atoms with van der Waals surface area (Å²) >= 11 is 0. The maximum absolute atomic E-state index is 12.6. The average molecular weight is 360 g/mol. The number of aromatic nitrogens is 2. The van der Waals surface area contributed by atoms with E-state index in [0.29, 0.717) is 17.6 Å². The van der Waals surface area contributed by atoms with Gasteiger partial charge in [-0.2, -0.15) is 0 Å². The lowest BCUT2D eigenvalue weighted by Gasteiger charge is -2.23. The Morgan fingerprint density at radius 1 is 1.07 bits per heavy atom. The van der Waals surface area contributed by atoms with Crippen LogP contribution in [-0.2, 0) is 0 Å². The van der Waals surface area contributed by atoms with E-state index >= 15 is 0 Å². The summed E-state index contributed by atoms with van der Waals surface area (Å²) in [5.74, 6) is 1.20. The smallest absolute Gasteiger partial charge is 0.269 e. The topological polar surface area (TPSA) is 72.9 Å². The quantitative estimate of drug-likeness (QED) is 0.650. The highest BCUT2D eigenvalue weighted by molar-refractivity contribution is 5.99. The number of rotatable bonds is 2. The van der Waals surface area contributed by atoms with Crippen molar-refractivity contribution in [1.29, 1.82) is 0 Å². The predicted molar refractivity (Wildman–Crippen MR) is 107 cm³/mol. The fourth-order valence-electron chi connectivity index (χ4n) is 3.32. The minimum Gasteiger partial charge on any atom is -0.269 e. The maximum atomic E-state index is 12.6. The number of fused-ring (bicyclic) bond motifs is 1. The van der Waals surface area contributed by atoms with Gasteiger partial charge in [0, 0.05) is 17.3 Å². The van der Waals surface area contributed by atoms with Gasteiger partial charge in [0.15, 0.2) is 6.17 Å². The van der Waals surface area contributed by atoms with Crippen molar-refractivity contribution in [3.63, 3.8) is 0 Å². The highest BCUT2D eigenvalue weighted by Gasteiger charge is 2.29. The zero-order valence-electron chi connectivity index (χ0n) is 15.6. The Hall–Kier alpha value is -3.41. The minimum absolute atomic E-state index is 0.100. The van der Waals surface area contributed by atoms with Gasteiger partial charge in [-0.05, 0) is 32.4 Å². The van der Waals surface area contributed by atoms with Crippen LogP contribution in [-0.4, -0.2) is 15.5 Å². The van der Waals surface area contributed by atoms with Gasteiger partial charge in [0.1, 0.15) is 5.69 Å². The number of nitrogens with zero attached hydrogens (tertiary/aromatic N) is 2. The first kappa shape index (κ1) is 17.0. The van der Waals surface area contributed by atoms with Crippen LogP contribution in [0, 0.1) is 20.8 Å².